The molecule has 1 atom stereocenters. The maximum absolute atomic E-state index is 13.1. The first-order valence-corrected chi connectivity index (χ1v) is 10.9. The summed E-state index contributed by atoms with van der Waals surface area (Å²) >= 11 is 1.59. The number of anilines is 1. The van der Waals surface area contributed by atoms with Gasteiger partial charge in [0.1, 0.15) is 0 Å². The molecule has 1 aliphatic heterocycles. The Hall–Kier alpha value is -2.32. The van der Waals surface area contributed by atoms with Gasteiger partial charge in [-0.1, -0.05) is 18.2 Å². The van der Waals surface area contributed by atoms with Crippen molar-refractivity contribution in [2.75, 3.05) is 22.9 Å². The summed E-state index contributed by atoms with van der Waals surface area (Å²) in [5.74, 6) is 0.438. The van der Waals surface area contributed by atoms with Crippen LogP contribution in [-0.2, 0) is 10.0 Å². The van der Waals surface area contributed by atoms with Gasteiger partial charge in [0.05, 0.1) is 29.6 Å². The number of fused-ring (bicyclic) bond motifs is 1. The van der Waals surface area contributed by atoms with Crippen LogP contribution in [0.2, 0.25) is 0 Å². The smallest absolute Gasteiger partial charge is 0.236 e. The van der Waals surface area contributed by atoms with Crippen LogP contribution in [0, 0.1) is 5.92 Å². The lowest BCUT2D eigenvalue weighted by atomic mass is 9.98. The zero-order chi connectivity index (χ0) is 18.3. The van der Waals surface area contributed by atoms with Crippen LogP contribution in [-0.4, -0.2) is 41.7 Å². The number of pyridine rings is 1. The van der Waals surface area contributed by atoms with Crippen molar-refractivity contribution < 1.29 is 13.2 Å². The molecule has 1 unspecified atom stereocenters. The topological polar surface area (TPSA) is 72.3 Å². The summed E-state index contributed by atoms with van der Waals surface area (Å²) in [5.41, 5.74) is 1.96. The maximum Gasteiger partial charge on any atom is 0.236 e. The fraction of sp³-hybridized carbons (Fsp3) is 0.222. The van der Waals surface area contributed by atoms with Crippen LogP contribution in [0.25, 0.3) is 10.9 Å². The van der Waals surface area contributed by atoms with E-state index in [4.69, 9.17) is 0 Å². The van der Waals surface area contributed by atoms with E-state index in [0.717, 1.165) is 11.9 Å². The number of carbonyl (C=O) groups excluding carboxylic acids is 1. The molecule has 0 bridgehead atoms. The molecule has 0 N–H and O–H groups in total. The van der Waals surface area contributed by atoms with E-state index in [1.807, 2.05) is 18.2 Å². The number of carbonyl (C=O) groups is 1. The number of benzene rings is 1. The van der Waals surface area contributed by atoms with Crippen molar-refractivity contribution >= 4 is 44.3 Å². The quantitative estimate of drug-likeness (QED) is 0.506. The van der Waals surface area contributed by atoms with Gasteiger partial charge in [-0.25, -0.2) is 12.4 Å². The van der Waals surface area contributed by atoms with Gasteiger partial charge in [0.15, 0.2) is 5.78 Å². The predicted molar refractivity (Wildman–Crippen MR) is 104 cm³/mol. The number of para-hydroxylation sites is 1. The Morgan fingerprint density at radius 3 is 2.77 bits per heavy atom. The van der Waals surface area contributed by atoms with Crippen molar-refractivity contribution in [2.45, 2.75) is 0 Å². The van der Waals surface area contributed by atoms with Crippen LogP contribution in [0.4, 0.5) is 5.69 Å². The highest BCUT2D eigenvalue weighted by molar-refractivity contribution is 8.01. The summed E-state index contributed by atoms with van der Waals surface area (Å²) in [4.78, 5) is 17.2. The standard InChI is InChI=1S/C18H17N3O3S2/c1-26(23,24)21-11-16(15-6-2-3-7-17(15)21)18(22)13-10-20(25-12-13)14-5-4-8-19-9-14/h2-9,11,13H,10,12H2,1H3. The van der Waals surface area contributed by atoms with E-state index in [9.17, 15) is 13.2 Å². The summed E-state index contributed by atoms with van der Waals surface area (Å²) in [7, 11) is -3.48. The molecule has 2 aromatic heterocycles. The second-order valence-electron chi connectivity index (χ2n) is 6.25. The Morgan fingerprint density at radius 1 is 1.23 bits per heavy atom. The van der Waals surface area contributed by atoms with Gasteiger partial charge in [-0.05, 0) is 30.1 Å². The van der Waals surface area contributed by atoms with Gasteiger partial charge in [0, 0.05) is 35.6 Å². The van der Waals surface area contributed by atoms with Crippen molar-refractivity contribution in [1.29, 1.82) is 0 Å². The molecule has 8 heteroatoms. The number of Topliss-reactive ketones (excluding diaryl/α,β-unsaturated/α-hetero) is 1. The van der Waals surface area contributed by atoms with Gasteiger partial charge in [-0.15, -0.1) is 0 Å². The molecule has 1 saturated heterocycles. The minimum atomic E-state index is -3.48. The van der Waals surface area contributed by atoms with Gasteiger partial charge in [-0.3, -0.25) is 9.78 Å². The highest BCUT2D eigenvalue weighted by atomic mass is 32.2. The van der Waals surface area contributed by atoms with Crippen molar-refractivity contribution in [2.24, 2.45) is 5.92 Å². The molecule has 0 spiro atoms. The fourth-order valence-electron chi connectivity index (χ4n) is 3.17. The first-order chi connectivity index (χ1) is 12.4. The Balaban J connectivity index is 1.67. The lowest BCUT2D eigenvalue weighted by Crippen LogP contribution is -2.22. The highest BCUT2D eigenvalue weighted by Crippen LogP contribution is 2.34. The highest BCUT2D eigenvalue weighted by Gasteiger charge is 2.32. The van der Waals surface area contributed by atoms with Gasteiger partial charge in [-0.2, -0.15) is 0 Å². The van der Waals surface area contributed by atoms with E-state index in [1.54, 1.807) is 42.5 Å². The molecular weight excluding hydrogens is 370 g/mol. The average Bonchev–Trinajstić information content (AvgIpc) is 3.27. The minimum absolute atomic E-state index is 0.0255. The number of nitrogens with zero attached hydrogens (tertiary/aromatic N) is 3. The minimum Gasteiger partial charge on any atom is -0.314 e. The molecule has 0 aliphatic carbocycles. The van der Waals surface area contributed by atoms with E-state index >= 15 is 0 Å². The molecule has 0 amide bonds. The molecule has 1 fully saturated rings. The van der Waals surface area contributed by atoms with Gasteiger partial charge >= 0.3 is 0 Å². The van der Waals surface area contributed by atoms with Crippen LogP contribution in [0.1, 0.15) is 10.4 Å². The third kappa shape index (κ3) is 2.99. The largest absolute Gasteiger partial charge is 0.314 e. The summed E-state index contributed by atoms with van der Waals surface area (Å²) in [6.07, 6.45) is 6.09. The van der Waals surface area contributed by atoms with Gasteiger partial charge in [0.2, 0.25) is 10.0 Å². The van der Waals surface area contributed by atoms with Crippen LogP contribution >= 0.6 is 11.9 Å². The van der Waals surface area contributed by atoms with E-state index in [-0.39, 0.29) is 11.7 Å². The summed E-state index contributed by atoms with van der Waals surface area (Å²) in [6, 6.07) is 10.9. The lowest BCUT2D eigenvalue weighted by Gasteiger charge is -2.15. The summed E-state index contributed by atoms with van der Waals surface area (Å²) in [6.45, 7) is 0.577. The third-order valence-corrected chi connectivity index (χ3v) is 6.66. The van der Waals surface area contributed by atoms with Crippen LogP contribution in [0.3, 0.4) is 0 Å². The number of hydrogen-bond acceptors (Lipinski definition) is 6. The second kappa shape index (κ2) is 6.44. The SMILES string of the molecule is CS(=O)(=O)n1cc(C(=O)C2CSN(c3cccnc3)C2)c2ccccc21. The molecule has 26 heavy (non-hydrogen) atoms. The zero-order valence-electron chi connectivity index (χ0n) is 14.1. The zero-order valence-corrected chi connectivity index (χ0v) is 15.7. The normalized spacial score (nSPS) is 17.7. The number of ketones is 1. The molecule has 134 valence electrons. The monoisotopic (exact) mass is 387 g/mol. The summed E-state index contributed by atoms with van der Waals surface area (Å²) < 4.78 is 27.4. The number of hydrogen-bond donors (Lipinski definition) is 0. The number of rotatable bonds is 4. The van der Waals surface area contributed by atoms with E-state index in [0.29, 0.717) is 28.8 Å². The molecule has 0 radical (unpaired) electrons. The Bertz CT molecular complexity index is 1080. The van der Waals surface area contributed by atoms with E-state index in [2.05, 4.69) is 9.29 Å². The molecular formula is C18H17N3O3S2. The molecule has 3 aromatic rings. The van der Waals surface area contributed by atoms with E-state index < -0.39 is 10.0 Å². The van der Waals surface area contributed by atoms with E-state index in [1.165, 1.54) is 10.2 Å². The molecule has 1 aromatic carbocycles. The average molecular weight is 387 g/mol. The van der Waals surface area contributed by atoms with Crippen LogP contribution in [0.5, 0.6) is 0 Å². The number of aromatic nitrogens is 2. The molecule has 4 rings (SSSR count). The fourth-order valence-corrected chi connectivity index (χ4v) is 5.14. The van der Waals surface area contributed by atoms with Crippen molar-refractivity contribution in [3.05, 3.63) is 60.6 Å². The summed E-state index contributed by atoms with van der Waals surface area (Å²) in [5, 5.41) is 0.674. The van der Waals surface area contributed by atoms with Crippen LogP contribution in [0.15, 0.2) is 55.0 Å². The maximum atomic E-state index is 13.1. The van der Waals surface area contributed by atoms with Crippen molar-refractivity contribution in [3.8, 4) is 0 Å². The van der Waals surface area contributed by atoms with Crippen molar-refractivity contribution in [3.63, 3.8) is 0 Å². The first kappa shape index (κ1) is 17.1. The Kier molecular flexibility index (Phi) is 4.24. The Morgan fingerprint density at radius 2 is 2.04 bits per heavy atom. The lowest BCUT2D eigenvalue weighted by molar-refractivity contribution is 0.0942. The van der Waals surface area contributed by atoms with Crippen LogP contribution < -0.4 is 4.31 Å². The first-order valence-electron chi connectivity index (χ1n) is 8.10. The third-order valence-electron chi connectivity index (χ3n) is 4.42. The molecule has 3 heterocycles. The molecule has 1 aliphatic rings. The second-order valence-corrected chi connectivity index (χ2v) is 9.14. The molecule has 0 saturated carbocycles. The predicted octanol–water partition coefficient (Wildman–Crippen LogP) is 2.81. The van der Waals surface area contributed by atoms with Gasteiger partial charge < -0.3 is 4.31 Å². The van der Waals surface area contributed by atoms with Crippen molar-refractivity contribution in [1.82, 2.24) is 8.96 Å². The Labute approximate surface area is 156 Å². The van der Waals surface area contributed by atoms with Gasteiger partial charge in [0.25, 0.3) is 0 Å². The molecule has 6 nitrogen and oxygen atoms in total.